The number of nitrogens with zero attached hydrogens (tertiary/aromatic N) is 5. The van der Waals surface area contributed by atoms with E-state index in [4.69, 9.17) is 9.47 Å². The summed E-state index contributed by atoms with van der Waals surface area (Å²) in [6.07, 6.45) is 2.95. The largest absolute Gasteiger partial charge is 0.497 e. The van der Waals surface area contributed by atoms with Crippen molar-refractivity contribution >= 4 is 22.2 Å². The van der Waals surface area contributed by atoms with Crippen molar-refractivity contribution < 1.29 is 9.47 Å². The molecule has 2 atom stereocenters. The van der Waals surface area contributed by atoms with Crippen LogP contribution in [0.15, 0.2) is 46.6 Å². The van der Waals surface area contributed by atoms with Crippen molar-refractivity contribution in [2.24, 2.45) is 0 Å². The number of thiophene rings is 1. The number of tetrazole rings is 1. The Kier molecular flexibility index (Phi) is 7.41. The maximum absolute atomic E-state index is 13.7. The van der Waals surface area contributed by atoms with Gasteiger partial charge in [0.25, 0.3) is 5.56 Å². The molecule has 0 amide bonds. The predicted molar refractivity (Wildman–Crippen MR) is 144 cm³/mol. The standard InChI is InChI=1S/C27H34N6O3S/c1-5-27(2,3)33-25(29-30-31-33)24(22-15-18-14-19(35-4)10-11-23(18)28-26(22)34)32(16-20-8-6-12-36-20)17-21-9-7-13-37-21/h7,9-11,13-15,20,24H,5-6,8,12,16-17H2,1-4H3,(H,28,34). The molecule has 5 rings (SSSR count). The Morgan fingerprint density at radius 2 is 2.19 bits per heavy atom. The maximum atomic E-state index is 13.7. The van der Waals surface area contributed by atoms with Crippen LogP contribution in [0.4, 0.5) is 0 Å². The normalized spacial score (nSPS) is 17.1. The zero-order valence-corrected chi connectivity index (χ0v) is 22.6. The number of fused-ring (bicyclic) bond motifs is 1. The first-order chi connectivity index (χ1) is 17.9. The number of pyridine rings is 1. The molecule has 1 saturated heterocycles. The van der Waals surface area contributed by atoms with Crippen molar-refractivity contribution in [1.82, 2.24) is 30.1 Å². The van der Waals surface area contributed by atoms with Gasteiger partial charge >= 0.3 is 0 Å². The van der Waals surface area contributed by atoms with Crippen LogP contribution in [0, 0.1) is 0 Å². The zero-order valence-electron chi connectivity index (χ0n) is 21.8. The van der Waals surface area contributed by atoms with Crippen molar-refractivity contribution in [2.45, 2.75) is 64.3 Å². The van der Waals surface area contributed by atoms with Gasteiger partial charge in [-0.3, -0.25) is 9.69 Å². The van der Waals surface area contributed by atoms with Crippen molar-refractivity contribution in [1.29, 1.82) is 0 Å². The number of hydrogen-bond donors (Lipinski definition) is 1. The molecule has 9 nitrogen and oxygen atoms in total. The average molecular weight is 523 g/mol. The summed E-state index contributed by atoms with van der Waals surface area (Å²) in [4.78, 5) is 20.3. The van der Waals surface area contributed by atoms with Gasteiger partial charge in [0.1, 0.15) is 11.8 Å². The molecule has 196 valence electrons. The van der Waals surface area contributed by atoms with Gasteiger partial charge in [-0.25, -0.2) is 4.68 Å². The number of nitrogens with one attached hydrogen (secondary N) is 1. The maximum Gasteiger partial charge on any atom is 0.253 e. The number of rotatable bonds is 10. The second-order valence-corrected chi connectivity index (χ2v) is 11.2. The van der Waals surface area contributed by atoms with Crippen LogP contribution in [0.1, 0.15) is 62.3 Å². The molecule has 2 unspecified atom stereocenters. The molecule has 0 aliphatic carbocycles. The van der Waals surface area contributed by atoms with E-state index >= 15 is 0 Å². The van der Waals surface area contributed by atoms with Gasteiger partial charge in [0.05, 0.1) is 18.8 Å². The lowest BCUT2D eigenvalue weighted by Crippen LogP contribution is -2.41. The summed E-state index contributed by atoms with van der Waals surface area (Å²) in [5.74, 6) is 1.38. The van der Waals surface area contributed by atoms with E-state index in [0.717, 1.165) is 42.5 Å². The molecule has 4 heterocycles. The minimum Gasteiger partial charge on any atom is -0.497 e. The van der Waals surface area contributed by atoms with E-state index in [2.05, 4.69) is 63.7 Å². The zero-order chi connectivity index (χ0) is 26.0. The van der Waals surface area contributed by atoms with Crippen LogP contribution in [0.3, 0.4) is 0 Å². The van der Waals surface area contributed by atoms with E-state index < -0.39 is 6.04 Å². The molecule has 1 fully saturated rings. The molecule has 10 heteroatoms. The number of aromatic amines is 1. The summed E-state index contributed by atoms with van der Waals surface area (Å²) in [5.41, 5.74) is 0.863. The Bertz CT molecular complexity index is 1390. The van der Waals surface area contributed by atoms with Crippen molar-refractivity contribution in [3.05, 3.63) is 68.4 Å². The minimum atomic E-state index is -0.480. The Labute approximate surface area is 220 Å². The van der Waals surface area contributed by atoms with Gasteiger partial charge in [-0.2, -0.15) is 0 Å². The third-order valence-electron chi connectivity index (χ3n) is 7.32. The highest BCUT2D eigenvalue weighted by molar-refractivity contribution is 7.09. The number of methoxy groups -OCH3 is 1. The molecule has 1 aliphatic rings. The minimum absolute atomic E-state index is 0.0885. The quantitative estimate of drug-likeness (QED) is 0.327. The molecular weight excluding hydrogens is 488 g/mol. The highest BCUT2D eigenvalue weighted by atomic mass is 32.1. The Balaban J connectivity index is 1.70. The highest BCUT2D eigenvalue weighted by Gasteiger charge is 2.36. The van der Waals surface area contributed by atoms with Gasteiger partial charge in [0, 0.05) is 41.0 Å². The first kappa shape index (κ1) is 25.6. The number of aromatic nitrogens is 5. The Morgan fingerprint density at radius 3 is 2.89 bits per heavy atom. The van der Waals surface area contributed by atoms with Crippen LogP contribution < -0.4 is 10.3 Å². The van der Waals surface area contributed by atoms with E-state index in [-0.39, 0.29) is 17.2 Å². The predicted octanol–water partition coefficient (Wildman–Crippen LogP) is 4.50. The number of ether oxygens (including phenoxy) is 2. The van der Waals surface area contributed by atoms with Gasteiger partial charge in [0.15, 0.2) is 5.82 Å². The number of benzene rings is 1. The smallest absolute Gasteiger partial charge is 0.253 e. The summed E-state index contributed by atoms with van der Waals surface area (Å²) in [6.45, 7) is 8.42. The second-order valence-electron chi connectivity index (χ2n) is 10.2. The first-order valence-electron chi connectivity index (χ1n) is 12.8. The fourth-order valence-electron chi connectivity index (χ4n) is 4.89. The van der Waals surface area contributed by atoms with Crippen LogP contribution in [-0.4, -0.2) is 56.5 Å². The highest BCUT2D eigenvalue weighted by Crippen LogP contribution is 2.33. The molecule has 1 N–H and O–H groups in total. The van der Waals surface area contributed by atoms with Crippen LogP contribution in [0.25, 0.3) is 10.9 Å². The van der Waals surface area contributed by atoms with Gasteiger partial charge in [-0.1, -0.05) is 13.0 Å². The number of H-pyrrole nitrogens is 1. The third-order valence-corrected chi connectivity index (χ3v) is 8.18. The number of hydrogen-bond acceptors (Lipinski definition) is 8. The van der Waals surface area contributed by atoms with Crippen molar-refractivity contribution in [2.75, 3.05) is 20.3 Å². The van der Waals surface area contributed by atoms with Crippen LogP contribution >= 0.6 is 11.3 Å². The van der Waals surface area contributed by atoms with Crippen molar-refractivity contribution in [3.8, 4) is 5.75 Å². The topological polar surface area (TPSA) is 98.2 Å². The molecule has 1 aromatic carbocycles. The fourth-order valence-corrected chi connectivity index (χ4v) is 5.62. The molecule has 1 aliphatic heterocycles. The van der Waals surface area contributed by atoms with Crippen LogP contribution in [0.5, 0.6) is 5.75 Å². The molecule has 0 spiro atoms. The van der Waals surface area contributed by atoms with E-state index in [1.165, 1.54) is 4.88 Å². The van der Waals surface area contributed by atoms with Crippen LogP contribution in [-0.2, 0) is 16.8 Å². The molecule has 4 aromatic rings. The summed E-state index contributed by atoms with van der Waals surface area (Å²) >= 11 is 1.70. The van der Waals surface area contributed by atoms with Gasteiger partial charge < -0.3 is 14.5 Å². The molecule has 37 heavy (non-hydrogen) atoms. The fraction of sp³-hybridized carbons (Fsp3) is 0.481. The van der Waals surface area contributed by atoms with E-state index in [0.29, 0.717) is 24.5 Å². The molecule has 3 aromatic heterocycles. The van der Waals surface area contributed by atoms with E-state index in [1.807, 2.05) is 28.9 Å². The monoisotopic (exact) mass is 522 g/mol. The molecule has 0 saturated carbocycles. The Hall–Kier alpha value is -3.08. The van der Waals surface area contributed by atoms with E-state index in [9.17, 15) is 4.79 Å². The summed E-state index contributed by atoms with van der Waals surface area (Å²) in [6, 6.07) is 11.3. The first-order valence-corrected chi connectivity index (χ1v) is 13.7. The molecule has 0 bridgehead atoms. The SMILES string of the molecule is CCC(C)(C)n1nnnc1C(c1cc2cc(OC)ccc2[nH]c1=O)N(Cc1cccs1)CC1CCCO1. The Morgan fingerprint density at radius 1 is 1.32 bits per heavy atom. The van der Waals surface area contributed by atoms with Crippen LogP contribution in [0.2, 0.25) is 0 Å². The lowest BCUT2D eigenvalue weighted by molar-refractivity contribution is 0.0566. The summed E-state index contributed by atoms with van der Waals surface area (Å²) in [5, 5.41) is 16.0. The van der Waals surface area contributed by atoms with E-state index in [1.54, 1.807) is 18.4 Å². The third kappa shape index (κ3) is 5.32. The summed E-state index contributed by atoms with van der Waals surface area (Å²) < 4.78 is 13.4. The van der Waals surface area contributed by atoms with Gasteiger partial charge in [-0.05, 0) is 79.2 Å². The lowest BCUT2D eigenvalue weighted by atomic mass is 9.98. The molecule has 0 radical (unpaired) electrons. The summed E-state index contributed by atoms with van der Waals surface area (Å²) in [7, 11) is 1.64. The lowest BCUT2D eigenvalue weighted by Gasteiger charge is -2.34. The van der Waals surface area contributed by atoms with Crippen molar-refractivity contribution in [3.63, 3.8) is 0 Å². The average Bonchev–Trinajstić information content (AvgIpc) is 3.68. The molecular formula is C27H34N6O3S. The van der Waals surface area contributed by atoms with Gasteiger partial charge in [0.2, 0.25) is 0 Å². The van der Waals surface area contributed by atoms with Gasteiger partial charge in [-0.15, -0.1) is 16.4 Å². The second kappa shape index (κ2) is 10.7.